The van der Waals surface area contributed by atoms with Crippen molar-refractivity contribution in [2.24, 2.45) is 0 Å². The number of anilines is 1. The molecule has 1 heterocycles. The van der Waals surface area contributed by atoms with Crippen LogP contribution in [-0.4, -0.2) is 49.4 Å². The molecule has 1 saturated heterocycles. The summed E-state index contributed by atoms with van der Waals surface area (Å²) in [5, 5.41) is 9.65. The first-order valence-electron chi connectivity index (χ1n) is 11.2. The Labute approximate surface area is 200 Å². The van der Waals surface area contributed by atoms with Crippen LogP contribution < -0.4 is 9.64 Å². The molecule has 0 spiro atoms. The largest absolute Gasteiger partial charge is 0.491 e. The Hall–Kier alpha value is -3.04. The molecule has 0 saturated carbocycles. The van der Waals surface area contributed by atoms with Gasteiger partial charge in [-0.2, -0.15) is 0 Å². The van der Waals surface area contributed by atoms with Crippen molar-refractivity contribution in [3.63, 3.8) is 0 Å². The quantitative estimate of drug-likeness (QED) is 0.458. The molecule has 0 unspecified atom stereocenters. The van der Waals surface area contributed by atoms with Crippen molar-refractivity contribution in [3.8, 4) is 5.75 Å². The first-order chi connectivity index (χ1) is 16.2. The third kappa shape index (κ3) is 5.85. The first kappa shape index (κ1) is 23.1. The number of hydrogen-bond acceptors (Lipinski definition) is 4. The van der Waals surface area contributed by atoms with Gasteiger partial charge in [0.15, 0.2) is 5.69 Å². The molecule has 4 rings (SSSR count). The molecule has 6 heteroatoms. The zero-order valence-electron chi connectivity index (χ0n) is 18.5. The molecule has 3 aromatic carbocycles. The summed E-state index contributed by atoms with van der Waals surface area (Å²) in [6.07, 6.45) is 0.956. The molecule has 33 heavy (non-hydrogen) atoms. The molecule has 1 aliphatic heterocycles. The van der Waals surface area contributed by atoms with Crippen LogP contribution in [0.5, 0.6) is 5.75 Å². The van der Waals surface area contributed by atoms with E-state index < -0.39 is 0 Å². The third-order valence-electron chi connectivity index (χ3n) is 6.02. The highest BCUT2D eigenvalue weighted by molar-refractivity contribution is 6.33. The van der Waals surface area contributed by atoms with E-state index in [9.17, 15) is 0 Å². The van der Waals surface area contributed by atoms with Gasteiger partial charge in [0.25, 0.3) is 0 Å². The molecule has 1 atom stereocenters. The predicted molar refractivity (Wildman–Crippen MR) is 133 cm³/mol. The van der Waals surface area contributed by atoms with Crippen LogP contribution in [0.25, 0.3) is 4.85 Å². The second kappa shape index (κ2) is 11.2. The summed E-state index contributed by atoms with van der Waals surface area (Å²) in [5.74, 6) is 0.664. The van der Waals surface area contributed by atoms with Crippen molar-refractivity contribution >= 4 is 23.0 Å². The van der Waals surface area contributed by atoms with Crippen molar-refractivity contribution < 1.29 is 9.84 Å². The lowest BCUT2D eigenvalue weighted by Gasteiger charge is -2.43. The van der Waals surface area contributed by atoms with Gasteiger partial charge in [-0.15, -0.1) is 0 Å². The van der Waals surface area contributed by atoms with Crippen LogP contribution in [-0.2, 0) is 6.42 Å². The van der Waals surface area contributed by atoms with Gasteiger partial charge in [0.1, 0.15) is 12.4 Å². The number of rotatable bonds is 8. The monoisotopic (exact) mass is 461 g/mol. The van der Waals surface area contributed by atoms with E-state index in [1.807, 2.05) is 36.4 Å². The Balaban J connectivity index is 1.50. The van der Waals surface area contributed by atoms with Crippen LogP contribution in [0.1, 0.15) is 17.2 Å². The molecule has 3 aromatic rings. The lowest BCUT2D eigenvalue weighted by atomic mass is 10.0. The molecular formula is C27H28ClN3O2. The van der Waals surface area contributed by atoms with Crippen LogP contribution in [0.2, 0.25) is 5.02 Å². The van der Waals surface area contributed by atoms with Crippen LogP contribution in [0.15, 0.2) is 72.8 Å². The van der Waals surface area contributed by atoms with Gasteiger partial charge in [-0.3, -0.25) is 4.90 Å². The topological polar surface area (TPSA) is 40.3 Å². The molecular weight excluding hydrogens is 434 g/mol. The lowest BCUT2D eigenvalue weighted by Crippen LogP contribution is -2.49. The molecule has 5 nitrogen and oxygen atoms in total. The number of benzene rings is 3. The van der Waals surface area contributed by atoms with Gasteiger partial charge < -0.3 is 14.7 Å². The zero-order valence-corrected chi connectivity index (χ0v) is 19.3. The maximum Gasteiger partial charge on any atom is 0.187 e. The van der Waals surface area contributed by atoms with Gasteiger partial charge >= 0.3 is 0 Å². The molecule has 0 bridgehead atoms. The van der Waals surface area contributed by atoms with Gasteiger partial charge in [0.2, 0.25) is 0 Å². The highest BCUT2D eigenvalue weighted by Gasteiger charge is 2.29. The lowest BCUT2D eigenvalue weighted by molar-refractivity contribution is 0.201. The molecule has 0 radical (unpaired) electrons. The Morgan fingerprint density at radius 1 is 1.03 bits per heavy atom. The molecule has 0 amide bonds. The van der Waals surface area contributed by atoms with E-state index in [2.05, 4.69) is 51.0 Å². The number of aliphatic hydroxyl groups is 1. The zero-order chi connectivity index (χ0) is 23.0. The number of hydrogen-bond donors (Lipinski definition) is 1. The van der Waals surface area contributed by atoms with Crippen molar-refractivity contribution in [3.05, 3.63) is 100 Å². The highest BCUT2D eigenvalue weighted by Crippen LogP contribution is 2.37. The molecule has 0 aromatic heterocycles. The summed E-state index contributed by atoms with van der Waals surface area (Å²) >= 11 is 6.68. The van der Waals surface area contributed by atoms with Gasteiger partial charge in [0.05, 0.1) is 29.9 Å². The maximum atomic E-state index is 9.00. The molecule has 0 aliphatic carbocycles. The summed E-state index contributed by atoms with van der Waals surface area (Å²) < 4.78 is 5.52. The summed E-state index contributed by atoms with van der Waals surface area (Å²) in [7, 11) is 0. The summed E-state index contributed by atoms with van der Waals surface area (Å²) in [6, 6.07) is 24.4. The summed E-state index contributed by atoms with van der Waals surface area (Å²) in [4.78, 5) is 8.36. The van der Waals surface area contributed by atoms with Crippen LogP contribution in [0.4, 0.5) is 11.4 Å². The number of aliphatic hydroxyl groups excluding tert-OH is 1. The standard InChI is InChI=1S/C27H28ClN3O2/c1-29-23-9-7-21(8-10-23)13-14-30-15-16-31(27(20-30)22-5-3-2-4-6-22)26-12-11-24(19-25(26)28)33-18-17-32/h2-12,19,27,32H,13-18,20H2/t27-/m0/s1. The highest BCUT2D eigenvalue weighted by atomic mass is 35.5. The van der Waals surface area contributed by atoms with Crippen molar-refractivity contribution in [1.82, 2.24) is 4.90 Å². The molecule has 170 valence electrons. The van der Waals surface area contributed by atoms with Gasteiger partial charge in [-0.25, -0.2) is 4.85 Å². The van der Waals surface area contributed by atoms with E-state index in [0.717, 1.165) is 38.3 Å². The normalized spacial score (nSPS) is 16.4. The van der Waals surface area contributed by atoms with E-state index in [1.165, 1.54) is 11.1 Å². The first-order valence-corrected chi connectivity index (χ1v) is 11.6. The molecule has 1 N–H and O–H groups in total. The Morgan fingerprint density at radius 2 is 1.82 bits per heavy atom. The average molecular weight is 462 g/mol. The SMILES string of the molecule is [C-]#[N+]c1ccc(CCN2CCN(c3ccc(OCCO)cc3Cl)[C@H](c3ccccc3)C2)cc1. The van der Waals surface area contributed by atoms with Crippen molar-refractivity contribution in [1.29, 1.82) is 0 Å². The van der Waals surface area contributed by atoms with E-state index in [-0.39, 0.29) is 19.3 Å². The van der Waals surface area contributed by atoms with E-state index in [1.54, 1.807) is 0 Å². The van der Waals surface area contributed by atoms with Crippen molar-refractivity contribution in [2.75, 3.05) is 44.3 Å². The van der Waals surface area contributed by atoms with Crippen LogP contribution >= 0.6 is 11.6 Å². The average Bonchev–Trinajstić information content (AvgIpc) is 2.87. The number of halogens is 1. The van der Waals surface area contributed by atoms with Gasteiger partial charge in [0, 0.05) is 32.2 Å². The van der Waals surface area contributed by atoms with E-state index in [0.29, 0.717) is 16.5 Å². The number of ether oxygens (including phenoxy) is 1. The summed E-state index contributed by atoms with van der Waals surface area (Å²) in [5.41, 5.74) is 4.19. The van der Waals surface area contributed by atoms with Crippen LogP contribution in [0, 0.1) is 6.57 Å². The second-order valence-corrected chi connectivity index (χ2v) is 8.54. The molecule has 1 aliphatic rings. The predicted octanol–water partition coefficient (Wildman–Crippen LogP) is 5.37. The fourth-order valence-corrected chi connectivity index (χ4v) is 4.57. The summed E-state index contributed by atoms with van der Waals surface area (Å²) in [6.45, 7) is 11.0. The Morgan fingerprint density at radius 3 is 2.52 bits per heavy atom. The fraction of sp³-hybridized carbons (Fsp3) is 0.296. The minimum Gasteiger partial charge on any atom is -0.491 e. The minimum absolute atomic E-state index is 0.0267. The smallest absolute Gasteiger partial charge is 0.187 e. The van der Waals surface area contributed by atoms with E-state index >= 15 is 0 Å². The van der Waals surface area contributed by atoms with Crippen LogP contribution in [0.3, 0.4) is 0 Å². The van der Waals surface area contributed by atoms with Crippen molar-refractivity contribution in [2.45, 2.75) is 12.5 Å². The number of piperazine rings is 1. The second-order valence-electron chi connectivity index (χ2n) is 8.13. The Bertz CT molecular complexity index is 1080. The van der Waals surface area contributed by atoms with Gasteiger partial charge in [-0.05, 0) is 29.7 Å². The Kier molecular flexibility index (Phi) is 7.85. The van der Waals surface area contributed by atoms with Gasteiger partial charge in [-0.1, -0.05) is 66.2 Å². The maximum absolute atomic E-state index is 9.00. The van der Waals surface area contributed by atoms with E-state index in [4.69, 9.17) is 28.0 Å². The minimum atomic E-state index is -0.0267. The molecule has 1 fully saturated rings. The fourth-order valence-electron chi connectivity index (χ4n) is 4.29. The number of nitrogens with zero attached hydrogens (tertiary/aromatic N) is 3. The third-order valence-corrected chi connectivity index (χ3v) is 6.32.